The number of hydrogen-bond acceptors (Lipinski definition) is 2. The molecule has 2 N–H and O–H groups in total. The minimum absolute atomic E-state index is 0. The van der Waals surface area contributed by atoms with Crippen LogP contribution in [0.25, 0.3) is 0 Å². The van der Waals surface area contributed by atoms with E-state index in [9.17, 15) is 4.79 Å². The van der Waals surface area contributed by atoms with E-state index in [4.69, 9.17) is 0 Å². The highest BCUT2D eigenvalue weighted by Gasteiger charge is 2.05. The zero-order valence-corrected chi connectivity index (χ0v) is 16.7. The summed E-state index contributed by atoms with van der Waals surface area (Å²) in [5.41, 5.74) is 0. The first kappa shape index (κ1) is 22.7. The second-order valence-corrected chi connectivity index (χ2v) is 6.19. The van der Waals surface area contributed by atoms with Crippen molar-refractivity contribution in [3.8, 4) is 0 Å². The number of hydrogen-bond donors (Lipinski definition) is 2. The lowest BCUT2D eigenvalue weighted by Gasteiger charge is -2.15. The first-order valence-electron chi connectivity index (χ1n) is 7.55. The summed E-state index contributed by atoms with van der Waals surface area (Å²) < 4.78 is 0. The zero-order valence-electron chi connectivity index (χ0n) is 14.4. The summed E-state index contributed by atoms with van der Waals surface area (Å²) in [5, 5.41) is 6.56. The fourth-order valence-electron chi connectivity index (χ4n) is 1.48. The molecule has 0 aromatic rings. The molecule has 0 unspecified atom stereocenters. The zero-order chi connectivity index (χ0) is 15.5. The summed E-state index contributed by atoms with van der Waals surface area (Å²) in [6.07, 6.45) is 2.31. The normalized spacial score (nSPS) is 11.3. The van der Waals surface area contributed by atoms with Gasteiger partial charge in [-0.1, -0.05) is 27.7 Å². The molecule has 0 radical (unpaired) electrons. The maximum absolute atomic E-state index is 11.6. The summed E-state index contributed by atoms with van der Waals surface area (Å²) in [6.45, 7) is 10.7. The van der Waals surface area contributed by atoms with Crippen molar-refractivity contribution in [3.63, 3.8) is 0 Å². The molecule has 6 heteroatoms. The molecule has 0 heterocycles. The number of amides is 1. The Labute approximate surface area is 147 Å². The average molecular weight is 412 g/mol. The molecule has 0 saturated carbocycles. The van der Waals surface area contributed by atoms with Gasteiger partial charge >= 0.3 is 0 Å². The fraction of sp³-hybridized carbons (Fsp3) is 0.867. The van der Waals surface area contributed by atoms with E-state index >= 15 is 0 Å². The lowest BCUT2D eigenvalue weighted by Crippen LogP contribution is -2.40. The highest BCUT2D eigenvalue weighted by Crippen LogP contribution is 2.01. The van der Waals surface area contributed by atoms with Crippen molar-refractivity contribution in [2.75, 3.05) is 33.7 Å². The van der Waals surface area contributed by atoms with Crippen molar-refractivity contribution >= 4 is 35.8 Å². The molecule has 0 aromatic carbocycles. The van der Waals surface area contributed by atoms with Gasteiger partial charge in [-0.2, -0.15) is 0 Å². The van der Waals surface area contributed by atoms with Gasteiger partial charge in [0.25, 0.3) is 0 Å². The van der Waals surface area contributed by atoms with Gasteiger partial charge in [-0.3, -0.25) is 4.79 Å². The van der Waals surface area contributed by atoms with Gasteiger partial charge in [0.15, 0.2) is 5.96 Å². The van der Waals surface area contributed by atoms with Crippen LogP contribution in [0.2, 0.25) is 0 Å². The van der Waals surface area contributed by atoms with Gasteiger partial charge in [-0.05, 0) is 24.7 Å². The maximum atomic E-state index is 11.6. The second kappa shape index (κ2) is 13.2. The van der Waals surface area contributed by atoms with Crippen LogP contribution in [0.5, 0.6) is 0 Å². The summed E-state index contributed by atoms with van der Waals surface area (Å²) in [7, 11) is 3.49. The van der Waals surface area contributed by atoms with Crippen molar-refractivity contribution in [2.24, 2.45) is 16.8 Å². The second-order valence-electron chi connectivity index (χ2n) is 6.19. The highest BCUT2D eigenvalue weighted by atomic mass is 127. The largest absolute Gasteiger partial charge is 0.356 e. The van der Waals surface area contributed by atoms with E-state index in [2.05, 4.69) is 43.3 Å². The summed E-state index contributed by atoms with van der Waals surface area (Å²) in [4.78, 5) is 17.5. The lowest BCUT2D eigenvalue weighted by atomic mass is 10.1. The molecule has 126 valence electrons. The summed E-state index contributed by atoms with van der Waals surface area (Å²) in [5.74, 6) is 2.01. The molecular weight excluding hydrogens is 379 g/mol. The summed E-state index contributed by atoms with van der Waals surface area (Å²) >= 11 is 0. The Balaban J connectivity index is 0. The predicted octanol–water partition coefficient (Wildman–Crippen LogP) is 2.32. The minimum Gasteiger partial charge on any atom is -0.356 e. The Morgan fingerprint density at radius 1 is 1.10 bits per heavy atom. The van der Waals surface area contributed by atoms with Gasteiger partial charge in [0.1, 0.15) is 6.54 Å². The molecule has 0 aliphatic heterocycles. The molecule has 0 fully saturated rings. The Kier molecular flexibility index (Phi) is 14.2. The molecule has 1 amide bonds. The Morgan fingerprint density at radius 3 is 2.19 bits per heavy atom. The first-order valence-corrected chi connectivity index (χ1v) is 7.55. The first-order chi connectivity index (χ1) is 9.32. The number of guanidine groups is 1. The van der Waals surface area contributed by atoms with Crippen molar-refractivity contribution in [3.05, 3.63) is 0 Å². The van der Waals surface area contributed by atoms with Crippen molar-refractivity contribution in [2.45, 2.75) is 40.5 Å². The molecule has 0 aliphatic rings. The molecule has 0 atom stereocenters. The van der Waals surface area contributed by atoms with Gasteiger partial charge < -0.3 is 15.5 Å². The third kappa shape index (κ3) is 14.2. The monoisotopic (exact) mass is 412 g/mol. The van der Waals surface area contributed by atoms with Crippen LogP contribution < -0.4 is 10.6 Å². The van der Waals surface area contributed by atoms with Crippen LogP contribution in [0.15, 0.2) is 4.99 Å². The highest BCUT2D eigenvalue weighted by molar-refractivity contribution is 14.0. The van der Waals surface area contributed by atoms with Gasteiger partial charge in [0.2, 0.25) is 5.91 Å². The molecule has 21 heavy (non-hydrogen) atoms. The van der Waals surface area contributed by atoms with Crippen LogP contribution in [0.1, 0.15) is 40.5 Å². The summed E-state index contributed by atoms with van der Waals surface area (Å²) in [6, 6.07) is 0. The molecule has 0 rings (SSSR count). The van der Waals surface area contributed by atoms with Crippen LogP contribution in [-0.2, 0) is 4.79 Å². The Bertz CT molecular complexity index is 304. The number of nitrogens with one attached hydrogen (secondary N) is 2. The number of carbonyl (C=O) groups is 1. The SMILES string of the molecule is CC(C)CCCNC(=NCC(=O)N(C)C)NCC(C)C.I. The molecule has 0 bridgehead atoms. The molecule has 0 spiro atoms. The number of aliphatic imine (C=N–C) groups is 1. The number of nitrogens with zero attached hydrogens (tertiary/aromatic N) is 2. The van der Waals surface area contributed by atoms with E-state index in [1.807, 2.05) is 0 Å². The molecule has 0 aliphatic carbocycles. The lowest BCUT2D eigenvalue weighted by molar-refractivity contribution is -0.127. The van der Waals surface area contributed by atoms with Gasteiger partial charge in [-0.15, -0.1) is 24.0 Å². The maximum Gasteiger partial charge on any atom is 0.243 e. The number of rotatable bonds is 8. The molecular formula is C15H33IN4O. The molecule has 0 aromatic heterocycles. The van der Waals surface area contributed by atoms with E-state index in [1.54, 1.807) is 19.0 Å². The Morgan fingerprint density at radius 2 is 1.71 bits per heavy atom. The topological polar surface area (TPSA) is 56.7 Å². The number of halogens is 1. The smallest absolute Gasteiger partial charge is 0.243 e. The van der Waals surface area contributed by atoms with Crippen LogP contribution in [0.3, 0.4) is 0 Å². The number of likely N-dealkylation sites (N-methyl/N-ethyl adjacent to an activating group) is 1. The van der Waals surface area contributed by atoms with Crippen molar-refractivity contribution in [1.82, 2.24) is 15.5 Å². The van der Waals surface area contributed by atoms with Crippen LogP contribution in [-0.4, -0.2) is 50.5 Å². The Hall–Kier alpha value is -0.530. The fourth-order valence-corrected chi connectivity index (χ4v) is 1.48. The van der Waals surface area contributed by atoms with E-state index < -0.39 is 0 Å². The third-order valence-electron chi connectivity index (χ3n) is 2.80. The van der Waals surface area contributed by atoms with Gasteiger partial charge in [-0.25, -0.2) is 4.99 Å². The predicted molar refractivity (Wildman–Crippen MR) is 101 cm³/mol. The minimum atomic E-state index is 0. The van der Waals surface area contributed by atoms with E-state index in [0.29, 0.717) is 5.92 Å². The quantitative estimate of drug-likeness (QED) is 0.279. The van der Waals surface area contributed by atoms with Gasteiger partial charge in [0.05, 0.1) is 0 Å². The number of carbonyl (C=O) groups excluding carboxylic acids is 1. The average Bonchev–Trinajstić information content (AvgIpc) is 2.35. The van der Waals surface area contributed by atoms with E-state index in [0.717, 1.165) is 31.4 Å². The van der Waals surface area contributed by atoms with Crippen LogP contribution in [0.4, 0.5) is 0 Å². The van der Waals surface area contributed by atoms with Crippen LogP contribution >= 0.6 is 24.0 Å². The third-order valence-corrected chi connectivity index (χ3v) is 2.80. The van der Waals surface area contributed by atoms with Gasteiger partial charge in [0, 0.05) is 27.2 Å². The molecule has 0 saturated heterocycles. The van der Waals surface area contributed by atoms with E-state index in [1.165, 1.54) is 6.42 Å². The standard InChI is InChI=1S/C15H32N4O.HI/c1-12(2)8-7-9-16-15(17-10-13(3)4)18-11-14(20)19(5)6;/h12-13H,7-11H2,1-6H3,(H2,16,17,18);1H. The van der Waals surface area contributed by atoms with Crippen molar-refractivity contribution in [1.29, 1.82) is 0 Å². The van der Waals surface area contributed by atoms with Crippen LogP contribution in [0, 0.1) is 11.8 Å². The molecule has 5 nitrogen and oxygen atoms in total. The van der Waals surface area contributed by atoms with Crippen molar-refractivity contribution < 1.29 is 4.79 Å². The van der Waals surface area contributed by atoms with E-state index in [-0.39, 0.29) is 36.4 Å².